The number of nitrogens with one attached hydrogen (secondary N) is 1. The number of aliphatic hydroxyl groups excluding tert-OH is 1. The third kappa shape index (κ3) is 6.32. The SMILES string of the molecule is C#CCO[C@@H]1[C@@H](NC(C)=O)[C@H](O)O[C@H](COCc2ccccc2)[C@@H]1OC(C)=O. The second-order valence-electron chi connectivity index (χ2n) is 6.35. The Morgan fingerprint density at radius 3 is 2.57 bits per heavy atom. The molecule has 8 heteroatoms. The maximum atomic E-state index is 11.6. The fraction of sp³-hybridized carbons (Fsp3) is 0.500. The first-order valence-electron chi connectivity index (χ1n) is 8.87. The van der Waals surface area contributed by atoms with E-state index in [1.807, 2.05) is 30.3 Å². The van der Waals surface area contributed by atoms with E-state index in [0.717, 1.165) is 5.56 Å². The molecule has 0 aromatic heterocycles. The van der Waals surface area contributed by atoms with Gasteiger partial charge in [0.2, 0.25) is 5.91 Å². The van der Waals surface area contributed by atoms with Crippen molar-refractivity contribution in [1.29, 1.82) is 0 Å². The van der Waals surface area contributed by atoms with E-state index in [9.17, 15) is 14.7 Å². The summed E-state index contributed by atoms with van der Waals surface area (Å²) in [6, 6.07) is 8.54. The van der Waals surface area contributed by atoms with Crippen LogP contribution < -0.4 is 5.32 Å². The van der Waals surface area contributed by atoms with Crippen LogP contribution in [0.25, 0.3) is 0 Å². The molecule has 0 aliphatic carbocycles. The van der Waals surface area contributed by atoms with Crippen LogP contribution in [0.15, 0.2) is 30.3 Å². The Morgan fingerprint density at radius 2 is 1.96 bits per heavy atom. The van der Waals surface area contributed by atoms with Crippen LogP contribution in [0.1, 0.15) is 19.4 Å². The molecule has 1 aromatic carbocycles. The Morgan fingerprint density at radius 1 is 1.25 bits per heavy atom. The Kier molecular flexibility index (Phi) is 8.42. The van der Waals surface area contributed by atoms with Gasteiger partial charge in [-0.1, -0.05) is 36.3 Å². The first-order chi connectivity index (χ1) is 13.4. The summed E-state index contributed by atoms with van der Waals surface area (Å²) < 4.78 is 22.2. The number of hydrogen-bond acceptors (Lipinski definition) is 7. The minimum absolute atomic E-state index is 0.0343. The molecule has 0 radical (unpaired) electrons. The van der Waals surface area contributed by atoms with Crippen LogP contribution in [-0.4, -0.2) is 60.8 Å². The second-order valence-corrected chi connectivity index (χ2v) is 6.35. The van der Waals surface area contributed by atoms with Crippen molar-refractivity contribution in [1.82, 2.24) is 5.32 Å². The fourth-order valence-corrected chi connectivity index (χ4v) is 2.99. The molecule has 1 aromatic rings. The minimum atomic E-state index is -1.39. The van der Waals surface area contributed by atoms with Crippen LogP contribution in [0.4, 0.5) is 0 Å². The lowest BCUT2D eigenvalue weighted by Crippen LogP contribution is -2.65. The maximum absolute atomic E-state index is 11.6. The third-order valence-electron chi connectivity index (χ3n) is 4.09. The molecule has 1 fully saturated rings. The lowest BCUT2D eigenvalue weighted by atomic mass is 9.96. The molecule has 0 unspecified atom stereocenters. The molecule has 8 nitrogen and oxygen atoms in total. The van der Waals surface area contributed by atoms with Crippen LogP contribution >= 0.6 is 0 Å². The molecule has 0 saturated carbocycles. The number of rotatable bonds is 8. The molecule has 0 bridgehead atoms. The van der Waals surface area contributed by atoms with Crippen molar-refractivity contribution in [2.45, 2.75) is 51.1 Å². The highest BCUT2D eigenvalue weighted by molar-refractivity contribution is 5.73. The summed E-state index contributed by atoms with van der Waals surface area (Å²) in [6.07, 6.45) is 1.24. The Balaban J connectivity index is 2.13. The van der Waals surface area contributed by atoms with E-state index in [1.54, 1.807) is 0 Å². The molecule has 1 heterocycles. The van der Waals surface area contributed by atoms with Gasteiger partial charge in [0, 0.05) is 13.8 Å². The highest BCUT2D eigenvalue weighted by Gasteiger charge is 2.48. The summed E-state index contributed by atoms with van der Waals surface area (Å²) in [6.45, 7) is 2.80. The van der Waals surface area contributed by atoms with Gasteiger partial charge < -0.3 is 29.4 Å². The van der Waals surface area contributed by atoms with Crippen molar-refractivity contribution in [2.24, 2.45) is 0 Å². The smallest absolute Gasteiger partial charge is 0.303 e. The molecule has 1 aliphatic rings. The second kappa shape index (κ2) is 10.8. The van der Waals surface area contributed by atoms with Crippen molar-refractivity contribution in [3.63, 3.8) is 0 Å². The normalized spacial score (nSPS) is 26.9. The Labute approximate surface area is 164 Å². The first-order valence-corrected chi connectivity index (χ1v) is 8.87. The van der Waals surface area contributed by atoms with Crippen molar-refractivity contribution in [3.05, 3.63) is 35.9 Å². The van der Waals surface area contributed by atoms with Gasteiger partial charge in [-0.25, -0.2) is 0 Å². The average molecular weight is 391 g/mol. The summed E-state index contributed by atoms with van der Waals surface area (Å²) in [5.41, 5.74) is 0.958. The summed E-state index contributed by atoms with van der Waals surface area (Å²) in [7, 11) is 0. The molecule has 1 saturated heterocycles. The zero-order valence-electron chi connectivity index (χ0n) is 15.9. The van der Waals surface area contributed by atoms with Crippen LogP contribution in [0, 0.1) is 12.3 Å². The van der Waals surface area contributed by atoms with Crippen molar-refractivity contribution >= 4 is 11.9 Å². The number of carbonyl (C=O) groups excluding carboxylic acids is 2. The summed E-state index contributed by atoms with van der Waals surface area (Å²) >= 11 is 0. The third-order valence-corrected chi connectivity index (χ3v) is 4.09. The summed E-state index contributed by atoms with van der Waals surface area (Å²) in [5.74, 6) is 1.37. The molecule has 1 amide bonds. The zero-order chi connectivity index (χ0) is 20.5. The largest absolute Gasteiger partial charge is 0.457 e. The van der Waals surface area contributed by atoms with Crippen molar-refractivity contribution < 1.29 is 33.6 Å². The predicted octanol–water partition coefficient (Wildman–Crippen LogP) is 0.375. The number of carbonyl (C=O) groups is 2. The van der Waals surface area contributed by atoms with Gasteiger partial charge in [0.15, 0.2) is 12.4 Å². The molecular formula is C20H25NO7. The van der Waals surface area contributed by atoms with Crippen LogP contribution in [0.2, 0.25) is 0 Å². The lowest BCUT2D eigenvalue weighted by Gasteiger charge is -2.44. The minimum Gasteiger partial charge on any atom is -0.457 e. The van der Waals surface area contributed by atoms with Gasteiger partial charge in [0.05, 0.1) is 13.2 Å². The maximum Gasteiger partial charge on any atom is 0.303 e. The Bertz CT molecular complexity index is 688. The van der Waals surface area contributed by atoms with Crippen LogP contribution in [0.3, 0.4) is 0 Å². The molecule has 1 aliphatic heterocycles. The summed E-state index contributed by atoms with van der Waals surface area (Å²) in [4.78, 5) is 23.1. The molecule has 28 heavy (non-hydrogen) atoms. The Hall–Kier alpha value is -2.44. The fourth-order valence-electron chi connectivity index (χ4n) is 2.99. The van der Waals surface area contributed by atoms with Crippen LogP contribution in [0.5, 0.6) is 0 Å². The number of aliphatic hydroxyl groups is 1. The predicted molar refractivity (Wildman–Crippen MR) is 98.7 cm³/mol. The number of benzene rings is 1. The molecule has 0 spiro atoms. The zero-order valence-corrected chi connectivity index (χ0v) is 15.9. The van der Waals surface area contributed by atoms with E-state index >= 15 is 0 Å². The standard InChI is InChI=1S/C20H25NO7/c1-4-10-26-19-17(21-13(2)22)20(24)28-16(18(19)27-14(3)23)12-25-11-15-8-6-5-7-9-15/h1,5-9,16-20,24H,10-12H2,2-3H3,(H,21,22)/t16-,17-,18+,19-,20-/m1/s1. The van der Waals surface area contributed by atoms with E-state index < -0.39 is 42.5 Å². The van der Waals surface area contributed by atoms with E-state index in [2.05, 4.69) is 11.2 Å². The van der Waals surface area contributed by atoms with Gasteiger partial charge in [-0.15, -0.1) is 6.42 Å². The van der Waals surface area contributed by atoms with Gasteiger partial charge in [0.1, 0.15) is 24.9 Å². The first kappa shape index (κ1) is 21.9. The topological polar surface area (TPSA) is 103 Å². The van der Waals surface area contributed by atoms with Gasteiger partial charge in [-0.2, -0.15) is 0 Å². The van der Waals surface area contributed by atoms with E-state index in [1.165, 1.54) is 13.8 Å². The molecular weight excluding hydrogens is 366 g/mol. The summed E-state index contributed by atoms with van der Waals surface area (Å²) in [5, 5.41) is 12.9. The number of esters is 1. The lowest BCUT2D eigenvalue weighted by molar-refractivity contribution is -0.268. The van der Waals surface area contributed by atoms with Crippen LogP contribution in [-0.2, 0) is 35.1 Å². The van der Waals surface area contributed by atoms with Crippen molar-refractivity contribution in [2.75, 3.05) is 13.2 Å². The highest BCUT2D eigenvalue weighted by atomic mass is 16.7. The number of amides is 1. The van der Waals surface area contributed by atoms with Gasteiger partial charge in [-0.3, -0.25) is 9.59 Å². The van der Waals surface area contributed by atoms with Gasteiger partial charge in [-0.05, 0) is 5.56 Å². The average Bonchev–Trinajstić information content (AvgIpc) is 2.64. The number of ether oxygens (including phenoxy) is 4. The number of terminal acetylenes is 1. The molecule has 152 valence electrons. The van der Waals surface area contributed by atoms with E-state index in [4.69, 9.17) is 25.4 Å². The van der Waals surface area contributed by atoms with Crippen molar-refractivity contribution in [3.8, 4) is 12.3 Å². The molecule has 5 atom stereocenters. The monoisotopic (exact) mass is 391 g/mol. The van der Waals surface area contributed by atoms with E-state index in [0.29, 0.717) is 6.61 Å². The molecule has 2 N–H and O–H groups in total. The highest BCUT2D eigenvalue weighted by Crippen LogP contribution is 2.26. The van der Waals surface area contributed by atoms with Gasteiger partial charge in [0.25, 0.3) is 0 Å². The molecule has 2 rings (SSSR count). The van der Waals surface area contributed by atoms with Gasteiger partial charge >= 0.3 is 5.97 Å². The quantitative estimate of drug-likeness (QED) is 0.488. The number of hydrogen-bond donors (Lipinski definition) is 2. The van der Waals surface area contributed by atoms with E-state index in [-0.39, 0.29) is 13.2 Å².